The average Bonchev–Trinajstić information content (AvgIpc) is 2.57. The van der Waals surface area contributed by atoms with E-state index in [0.717, 1.165) is 22.4 Å². The Bertz CT molecular complexity index is 767. The highest BCUT2D eigenvalue weighted by molar-refractivity contribution is 5.47. The van der Waals surface area contributed by atoms with Crippen LogP contribution < -0.4 is 11.5 Å². The molecule has 2 atom stereocenters. The Labute approximate surface area is 137 Å². The van der Waals surface area contributed by atoms with Gasteiger partial charge in [-0.15, -0.1) is 0 Å². The first-order valence-corrected chi connectivity index (χ1v) is 7.69. The van der Waals surface area contributed by atoms with Crippen molar-refractivity contribution in [2.45, 2.75) is 18.4 Å². The van der Waals surface area contributed by atoms with E-state index in [9.17, 15) is 0 Å². The molecule has 0 saturated carbocycles. The fourth-order valence-electron chi connectivity index (χ4n) is 3.14. The van der Waals surface area contributed by atoms with E-state index in [-0.39, 0.29) is 5.92 Å². The van der Waals surface area contributed by atoms with Gasteiger partial charge in [0.15, 0.2) is 0 Å². The Morgan fingerprint density at radius 3 is 2.22 bits per heavy atom. The largest absolute Gasteiger partial charge is 0.399 e. The third kappa shape index (κ3) is 3.10. The van der Waals surface area contributed by atoms with Crippen LogP contribution in [0.1, 0.15) is 29.5 Å². The zero-order valence-corrected chi connectivity index (χ0v) is 13.2. The van der Waals surface area contributed by atoms with Crippen LogP contribution in [0.15, 0.2) is 79.1 Å². The number of hydrogen-bond acceptors (Lipinski definition) is 3. The maximum Gasteiger partial charge on any atom is 0.0491 e. The van der Waals surface area contributed by atoms with E-state index < -0.39 is 5.54 Å². The SMILES string of the molecule is C[C@@](N)(c1ccccc1)C(c1ccncc1)c1cccc(N)c1. The summed E-state index contributed by atoms with van der Waals surface area (Å²) in [6.07, 6.45) is 3.60. The van der Waals surface area contributed by atoms with Crippen molar-refractivity contribution in [3.8, 4) is 0 Å². The van der Waals surface area contributed by atoms with Crippen molar-refractivity contribution < 1.29 is 0 Å². The highest BCUT2D eigenvalue weighted by Crippen LogP contribution is 2.40. The summed E-state index contributed by atoms with van der Waals surface area (Å²) in [7, 11) is 0. The van der Waals surface area contributed by atoms with Gasteiger partial charge in [-0.2, -0.15) is 0 Å². The minimum absolute atomic E-state index is 0.0172. The molecule has 116 valence electrons. The maximum atomic E-state index is 6.84. The monoisotopic (exact) mass is 303 g/mol. The van der Waals surface area contributed by atoms with Gasteiger partial charge < -0.3 is 11.5 Å². The van der Waals surface area contributed by atoms with E-state index in [2.05, 4.69) is 30.1 Å². The van der Waals surface area contributed by atoms with Crippen LogP contribution in [0.3, 0.4) is 0 Å². The van der Waals surface area contributed by atoms with Gasteiger partial charge in [0, 0.05) is 29.5 Å². The third-order valence-electron chi connectivity index (χ3n) is 4.28. The van der Waals surface area contributed by atoms with Crippen molar-refractivity contribution in [1.29, 1.82) is 0 Å². The molecule has 2 aromatic carbocycles. The smallest absolute Gasteiger partial charge is 0.0491 e. The second-order valence-electron chi connectivity index (χ2n) is 6.03. The molecule has 0 amide bonds. The zero-order valence-electron chi connectivity index (χ0n) is 13.2. The molecule has 3 nitrogen and oxygen atoms in total. The molecule has 1 heterocycles. The summed E-state index contributed by atoms with van der Waals surface area (Å²) >= 11 is 0. The summed E-state index contributed by atoms with van der Waals surface area (Å²) in [5.74, 6) is -0.0172. The first-order valence-electron chi connectivity index (χ1n) is 7.69. The van der Waals surface area contributed by atoms with Crippen LogP contribution in [0, 0.1) is 0 Å². The van der Waals surface area contributed by atoms with E-state index >= 15 is 0 Å². The Kier molecular flexibility index (Phi) is 4.13. The normalized spacial score (nSPS) is 14.9. The van der Waals surface area contributed by atoms with Crippen molar-refractivity contribution in [3.05, 3.63) is 95.8 Å². The molecule has 4 N–H and O–H groups in total. The quantitative estimate of drug-likeness (QED) is 0.723. The summed E-state index contributed by atoms with van der Waals surface area (Å²) in [6.45, 7) is 2.07. The van der Waals surface area contributed by atoms with Crippen LogP contribution >= 0.6 is 0 Å². The van der Waals surface area contributed by atoms with Crippen molar-refractivity contribution >= 4 is 5.69 Å². The van der Waals surface area contributed by atoms with Gasteiger partial charge in [-0.3, -0.25) is 4.98 Å². The zero-order chi connectivity index (χ0) is 16.3. The fraction of sp³-hybridized carbons (Fsp3) is 0.150. The molecule has 3 rings (SSSR count). The van der Waals surface area contributed by atoms with Crippen LogP contribution in [0.4, 0.5) is 5.69 Å². The van der Waals surface area contributed by atoms with E-state index in [1.807, 2.05) is 48.5 Å². The van der Waals surface area contributed by atoms with Crippen molar-refractivity contribution in [2.75, 3.05) is 5.73 Å². The predicted molar refractivity (Wildman–Crippen MR) is 94.9 cm³/mol. The molecule has 23 heavy (non-hydrogen) atoms. The van der Waals surface area contributed by atoms with E-state index in [1.165, 1.54) is 0 Å². The van der Waals surface area contributed by atoms with Gasteiger partial charge in [0.1, 0.15) is 0 Å². The van der Waals surface area contributed by atoms with Crippen molar-refractivity contribution in [3.63, 3.8) is 0 Å². The predicted octanol–water partition coefficient (Wildman–Crippen LogP) is 3.67. The number of anilines is 1. The number of aromatic nitrogens is 1. The van der Waals surface area contributed by atoms with Gasteiger partial charge in [-0.1, -0.05) is 42.5 Å². The van der Waals surface area contributed by atoms with E-state index in [1.54, 1.807) is 12.4 Å². The fourth-order valence-corrected chi connectivity index (χ4v) is 3.14. The van der Waals surface area contributed by atoms with Crippen LogP contribution in [0.25, 0.3) is 0 Å². The van der Waals surface area contributed by atoms with Gasteiger partial charge >= 0.3 is 0 Å². The highest BCUT2D eigenvalue weighted by atomic mass is 14.8. The van der Waals surface area contributed by atoms with Gasteiger partial charge in [0.2, 0.25) is 0 Å². The van der Waals surface area contributed by atoms with Gasteiger partial charge in [0.05, 0.1) is 0 Å². The number of nitrogen functional groups attached to an aromatic ring is 1. The second-order valence-corrected chi connectivity index (χ2v) is 6.03. The Balaban J connectivity index is 2.16. The molecule has 0 aliphatic carbocycles. The topological polar surface area (TPSA) is 64.9 Å². The molecule has 0 spiro atoms. The number of hydrogen-bond donors (Lipinski definition) is 2. The third-order valence-corrected chi connectivity index (χ3v) is 4.28. The second kappa shape index (κ2) is 6.23. The first-order chi connectivity index (χ1) is 11.1. The molecular weight excluding hydrogens is 282 g/mol. The number of nitrogens with zero attached hydrogens (tertiary/aromatic N) is 1. The lowest BCUT2D eigenvalue weighted by Gasteiger charge is -2.35. The van der Waals surface area contributed by atoms with Gasteiger partial charge in [-0.25, -0.2) is 0 Å². The summed E-state index contributed by atoms with van der Waals surface area (Å²) in [6, 6.07) is 22.1. The number of benzene rings is 2. The molecule has 3 aromatic rings. The van der Waals surface area contributed by atoms with E-state index in [0.29, 0.717) is 0 Å². The highest BCUT2D eigenvalue weighted by Gasteiger charge is 2.34. The summed E-state index contributed by atoms with van der Waals surface area (Å²) < 4.78 is 0. The number of nitrogens with two attached hydrogens (primary N) is 2. The van der Waals surface area contributed by atoms with Crippen LogP contribution in [-0.4, -0.2) is 4.98 Å². The van der Waals surface area contributed by atoms with E-state index in [4.69, 9.17) is 11.5 Å². The molecular formula is C20H21N3. The molecule has 1 aromatic heterocycles. The van der Waals surface area contributed by atoms with Crippen LogP contribution in [0.2, 0.25) is 0 Å². The molecule has 1 unspecified atom stereocenters. The summed E-state index contributed by atoms with van der Waals surface area (Å²) in [4.78, 5) is 4.13. The van der Waals surface area contributed by atoms with Gasteiger partial charge in [0.25, 0.3) is 0 Å². The molecule has 0 bridgehead atoms. The van der Waals surface area contributed by atoms with Crippen molar-refractivity contribution in [1.82, 2.24) is 4.98 Å². The van der Waals surface area contributed by atoms with Crippen LogP contribution in [-0.2, 0) is 5.54 Å². The lowest BCUT2D eigenvalue weighted by atomic mass is 9.73. The molecule has 0 saturated heterocycles. The van der Waals surface area contributed by atoms with Crippen molar-refractivity contribution in [2.24, 2.45) is 5.73 Å². The molecule has 0 aliphatic heterocycles. The molecule has 0 aliphatic rings. The number of rotatable bonds is 4. The molecule has 0 radical (unpaired) electrons. The minimum Gasteiger partial charge on any atom is -0.399 e. The average molecular weight is 303 g/mol. The first kappa shape index (κ1) is 15.3. The van der Waals surface area contributed by atoms with Crippen LogP contribution in [0.5, 0.6) is 0 Å². The molecule has 3 heteroatoms. The standard InChI is InChI=1S/C20H21N3/c1-20(22,17-7-3-2-4-8-17)19(15-10-12-23-13-11-15)16-6-5-9-18(21)14-16/h2-14,19H,21-22H2,1H3/t19?,20-/m1/s1. The maximum absolute atomic E-state index is 6.84. The Morgan fingerprint density at radius 1 is 0.870 bits per heavy atom. The Hall–Kier alpha value is -2.65. The minimum atomic E-state index is -0.573. The lowest BCUT2D eigenvalue weighted by molar-refractivity contribution is 0.432. The summed E-state index contributed by atoms with van der Waals surface area (Å²) in [5, 5.41) is 0. The number of pyridine rings is 1. The summed E-state index contributed by atoms with van der Waals surface area (Å²) in [5.41, 5.74) is 16.3. The lowest BCUT2D eigenvalue weighted by Crippen LogP contribution is -2.40. The molecule has 0 fully saturated rings. The Morgan fingerprint density at radius 2 is 1.57 bits per heavy atom. The van der Waals surface area contributed by atoms with Gasteiger partial charge in [-0.05, 0) is 47.9 Å².